The van der Waals surface area contributed by atoms with E-state index < -0.39 is 5.97 Å². The van der Waals surface area contributed by atoms with Gasteiger partial charge < -0.3 is 10.4 Å². The smallest absolute Gasteiger partial charge is 0.303 e. The number of pyridine rings is 1. The first-order valence-corrected chi connectivity index (χ1v) is 10.8. The largest absolute Gasteiger partial charge is 0.481 e. The van der Waals surface area contributed by atoms with Crippen molar-refractivity contribution in [2.45, 2.75) is 19.3 Å². The number of carboxylic acids is 1. The lowest BCUT2D eigenvalue weighted by molar-refractivity contribution is -0.137. The highest BCUT2D eigenvalue weighted by Gasteiger charge is 2.10. The van der Waals surface area contributed by atoms with Crippen molar-refractivity contribution >= 4 is 33.9 Å². The van der Waals surface area contributed by atoms with Gasteiger partial charge >= 0.3 is 5.97 Å². The van der Waals surface area contributed by atoms with Crippen LogP contribution in [0.1, 0.15) is 40.7 Å². The highest BCUT2D eigenvalue weighted by molar-refractivity contribution is 6.06. The zero-order valence-electron chi connectivity index (χ0n) is 18.1. The molecule has 0 radical (unpaired) electrons. The van der Waals surface area contributed by atoms with Crippen LogP contribution in [-0.2, 0) is 4.79 Å². The minimum Gasteiger partial charge on any atom is -0.481 e. The number of hydrogen-bond acceptors (Lipinski definition) is 3. The number of carbonyl (C=O) groups excluding carboxylic acids is 1. The normalized spacial score (nSPS) is 11.3. The molecule has 1 heterocycles. The molecule has 5 nitrogen and oxygen atoms in total. The molecule has 4 rings (SSSR count). The molecule has 0 spiro atoms. The maximum Gasteiger partial charge on any atom is 0.303 e. The summed E-state index contributed by atoms with van der Waals surface area (Å²) in [6, 6.07) is 25.1. The van der Waals surface area contributed by atoms with Crippen LogP contribution < -0.4 is 5.32 Å². The third kappa shape index (κ3) is 5.71. The summed E-state index contributed by atoms with van der Waals surface area (Å²) in [6.07, 6.45) is 6.83. The lowest BCUT2D eigenvalue weighted by atomic mass is 9.97. The third-order valence-electron chi connectivity index (χ3n) is 5.36. The number of rotatable bonds is 8. The number of allylic oxidation sites excluding steroid dienone is 1. The van der Waals surface area contributed by atoms with Gasteiger partial charge in [0.2, 0.25) is 0 Å². The van der Waals surface area contributed by atoms with E-state index in [4.69, 9.17) is 5.11 Å². The lowest BCUT2D eigenvalue weighted by Crippen LogP contribution is -2.11. The second-order valence-electron chi connectivity index (χ2n) is 7.74. The summed E-state index contributed by atoms with van der Waals surface area (Å²) < 4.78 is 0. The Hall–Kier alpha value is -4.25. The maximum atomic E-state index is 12.9. The molecule has 4 aromatic rings. The molecule has 0 fully saturated rings. The summed E-state index contributed by atoms with van der Waals surface area (Å²) in [5.74, 6) is -0.976. The van der Waals surface area contributed by atoms with Crippen molar-refractivity contribution in [2.24, 2.45) is 0 Å². The molecule has 3 aromatic carbocycles. The molecule has 164 valence electrons. The zero-order chi connectivity index (χ0) is 23.0. The number of amides is 1. The van der Waals surface area contributed by atoms with E-state index >= 15 is 0 Å². The molecule has 5 heteroatoms. The summed E-state index contributed by atoms with van der Waals surface area (Å²) in [4.78, 5) is 28.0. The summed E-state index contributed by atoms with van der Waals surface area (Å²) >= 11 is 0. The summed E-state index contributed by atoms with van der Waals surface area (Å²) in [5, 5.41) is 14.0. The number of carboxylic acid groups (broad SMARTS) is 1. The van der Waals surface area contributed by atoms with E-state index in [0.717, 1.165) is 27.5 Å². The molecular weight excluding hydrogens is 412 g/mol. The van der Waals surface area contributed by atoms with Gasteiger partial charge in [0, 0.05) is 35.6 Å². The molecule has 2 N–H and O–H groups in total. The van der Waals surface area contributed by atoms with Crippen LogP contribution in [0.3, 0.4) is 0 Å². The summed E-state index contributed by atoms with van der Waals surface area (Å²) in [5.41, 5.74) is 4.09. The third-order valence-corrected chi connectivity index (χ3v) is 5.36. The minimum atomic E-state index is -0.801. The van der Waals surface area contributed by atoms with E-state index in [-0.39, 0.29) is 12.3 Å². The van der Waals surface area contributed by atoms with Crippen LogP contribution in [0.15, 0.2) is 97.3 Å². The van der Waals surface area contributed by atoms with Gasteiger partial charge in [0.1, 0.15) is 0 Å². The van der Waals surface area contributed by atoms with Crippen molar-refractivity contribution < 1.29 is 14.7 Å². The number of benzene rings is 3. The molecule has 0 saturated heterocycles. The van der Waals surface area contributed by atoms with E-state index in [0.29, 0.717) is 24.1 Å². The molecule has 0 aliphatic carbocycles. The van der Waals surface area contributed by atoms with Gasteiger partial charge in [-0.05, 0) is 65.1 Å². The number of aromatic nitrogens is 1. The van der Waals surface area contributed by atoms with E-state index in [1.807, 2.05) is 84.9 Å². The van der Waals surface area contributed by atoms with Crippen molar-refractivity contribution in [1.82, 2.24) is 4.98 Å². The van der Waals surface area contributed by atoms with Crippen molar-refractivity contribution in [1.29, 1.82) is 0 Å². The van der Waals surface area contributed by atoms with Gasteiger partial charge in [-0.3, -0.25) is 14.6 Å². The first-order valence-electron chi connectivity index (χ1n) is 10.8. The van der Waals surface area contributed by atoms with E-state index in [1.54, 1.807) is 12.4 Å². The number of carbonyl (C=O) groups is 2. The van der Waals surface area contributed by atoms with Crippen LogP contribution in [0.25, 0.3) is 16.3 Å². The van der Waals surface area contributed by atoms with Gasteiger partial charge in [0.15, 0.2) is 0 Å². The van der Waals surface area contributed by atoms with Crippen LogP contribution in [0.5, 0.6) is 0 Å². The van der Waals surface area contributed by atoms with Crippen LogP contribution in [0, 0.1) is 0 Å². The Bertz CT molecular complexity index is 1310. The Labute approximate surface area is 192 Å². The summed E-state index contributed by atoms with van der Waals surface area (Å²) in [7, 11) is 0. The molecule has 0 saturated carbocycles. The highest BCUT2D eigenvalue weighted by atomic mass is 16.4. The van der Waals surface area contributed by atoms with Gasteiger partial charge in [-0.15, -0.1) is 0 Å². The quantitative estimate of drug-likeness (QED) is 0.324. The molecule has 0 atom stereocenters. The fourth-order valence-electron chi connectivity index (χ4n) is 3.72. The molecule has 0 bridgehead atoms. The number of nitrogens with one attached hydrogen (secondary N) is 1. The topological polar surface area (TPSA) is 79.3 Å². The number of nitrogens with zero attached hydrogens (tertiary/aromatic N) is 1. The van der Waals surface area contributed by atoms with Gasteiger partial charge in [-0.2, -0.15) is 0 Å². The zero-order valence-corrected chi connectivity index (χ0v) is 18.1. The fraction of sp³-hybridized carbons (Fsp3) is 0.107. The minimum absolute atomic E-state index is 0.124. The average Bonchev–Trinajstić information content (AvgIpc) is 2.84. The molecule has 1 amide bonds. The van der Waals surface area contributed by atoms with Crippen molar-refractivity contribution in [2.75, 3.05) is 5.32 Å². The molecule has 0 unspecified atom stereocenters. The molecule has 33 heavy (non-hydrogen) atoms. The molecule has 0 aliphatic heterocycles. The first kappa shape index (κ1) is 22.0. The van der Waals surface area contributed by atoms with Crippen LogP contribution in [0.4, 0.5) is 5.69 Å². The van der Waals surface area contributed by atoms with Crippen molar-refractivity contribution in [3.63, 3.8) is 0 Å². The molecule has 0 aliphatic rings. The number of unbranched alkanes of at least 4 members (excludes halogenated alkanes) is 1. The van der Waals surface area contributed by atoms with Crippen LogP contribution >= 0.6 is 0 Å². The van der Waals surface area contributed by atoms with Gasteiger partial charge in [-0.1, -0.05) is 54.6 Å². The predicted octanol–water partition coefficient (Wildman–Crippen LogP) is 6.17. The Morgan fingerprint density at radius 2 is 1.67 bits per heavy atom. The second-order valence-corrected chi connectivity index (χ2v) is 7.74. The Balaban J connectivity index is 1.57. The van der Waals surface area contributed by atoms with Crippen molar-refractivity contribution in [3.05, 3.63) is 114 Å². The maximum absolute atomic E-state index is 12.9. The lowest BCUT2D eigenvalue weighted by Gasteiger charge is -2.12. The summed E-state index contributed by atoms with van der Waals surface area (Å²) in [6.45, 7) is 0. The van der Waals surface area contributed by atoms with E-state index in [9.17, 15) is 9.59 Å². The standard InChI is InChI=1S/C28H24N2O3/c31-27(32)13-4-3-12-26(24-10-6-16-29-19-24)22-9-5-11-25(18-22)30-28(33)23-15-14-20-7-1-2-8-21(20)17-23/h1-2,5-12,14-19H,3-4,13H2,(H,30,33)(H,31,32)/b26-12-. The monoisotopic (exact) mass is 436 g/mol. The highest BCUT2D eigenvalue weighted by Crippen LogP contribution is 2.26. The van der Waals surface area contributed by atoms with Crippen LogP contribution in [-0.4, -0.2) is 22.0 Å². The second kappa shape index (κ2) is 10.4. The number of fused-ring (bicyclic) bond motifs is 1. The van der Waals surface area contributed by atoms with Crippen molar-refractivity contribution in [3.8, 4) is 0 Å². The molecular formula is C28H24N2O3. The fourth-order valence-corrected chi connectivity index (χ4v) is 3.72. The Kier molecular flexibility index (Phi) is 6.90. The van der Waals surface area contributed by atoms with Gasteiger partial charge in [0.05, 0.1) is 0 Å². The Morgan fingerprint density at radius 3 is 2.45 bits per heavy atom. The number of hydrogen-bond donors (Lipinski definition) is 2. The number of aliphatic carboxylic acids is 1. The first-order chi connectivity index (χ1) is 16.1. The SMILES string of the molecule is O=C(O)CCC/C=C(\c1cccnc1)c1cccc(NC(=O)c2ccc3ccccc3c2)c1. The van der Waals surface area contributed by atoms with Crippen LogP contribution in [0.2, 0.25) is 0 Å². The van der Waals surface area contributed by atoms with Gasteiger partial charge in [-0.25, -0.2) is 0 Å². The molecule has 1 aromatic heterocycles. The number of anilines is 1. The predicted molar refractivity (Wildman–Crippen MR) is 131 cm³/mol. The average molecular weight is 437 g/mol. The Morgan fingerprint density at radius 1 is 0.848 bits per heavy atom. The van der Waals surface area contributed by atoms with E-state index in [1.165, 1.54) is 0 Å². The van der Waals surface area contributed by atoms with E-state index in [2.05, 4.69) is 10.3 Å². The van der Waals surface area contributed by atoms with Gasteiger partial charge in [0.25, 0.3) is 5.91 Å².